The summed E-state index contributed by atoms with van der Waals surface area (Å²) in [6, 6.07) is 40.3. The normalized spacial score (nSPS) is 14.1. The maximum absolute atomic E-state index is 14.5. The van der Waals surface area contributed by atoms with E-state index in [1.807, 2.05) is 118 Å². The summed E-state index contributed by atoms with van der Waals surface area (Å²) >= 11 is 6.88. The van der Waals surface area contributed by atoms with Crippen LogP contribution in [0.15, 0.2) is 127 Å². The van der Waals surface area contributed by atoms with Crippen molar-refractivity contribution in [2.75, 3.05) is 13.7 Å². The number of halogens is 1. The first kappa shape index (κ1) is 32.1. The lowest BCUT2D eigenvalue weighted by Crippen LogP contribution is -2.49. The standard InChI is InChI=1S/C41H38ClNO4/c1-27(2)38(43(4)40(45)46-26-35-33-18-10-8-16-31(33)32-17-9-11-19-34(32)35)39(44)47-41(29-14-6-5-7-15-29,30-24-22-28(3)23-25-30)36-20-12-13-21-37(36)42/h5-25,27,35,38H,26H2,1-4H3/t38-,41?/m0/s1. The molecule has 5 nitrogen and oxygen atoms in total. The fraction of sp³-hybridized carbons (Fsp3) is 0.220. The van der Waals surface area contributed by atoms with Gasteiger partial charge in [-0.05, 0) is 41.2 Å². The number of carbonyl (C=O) groups is 2. The third-order valence-corrected chi connectivity index (χ3v) is 9.39. The Labute approximate surface area is 281 Å². The van der Waals surface area contributed by atoms with Crippen LogP contribution in [0.3, 0.4) is 0 Å². The van der Waals surface area contributed by atoms with Gasteiger partial charge >= 0.3 is 12.1 Å². The van der Waals surface area contributed by atoms with E-state index in [1.54, 1.807) is 13.1 Å². The van der Waals surface area contributed by atoms with Crippen molar-refractivity contribution in [2.24, 2.45) is 5.92 Å². The zero-order valence-electron chi connectivity index (χ0n) is 27.0. The zero-order valence-corrected chi connectivity index (χ0v) is 27.8. The first-order valence-electron chi connectivity index (χ1n) is 15.9. The van der Waals surface area contributed by atoms with E-state index in [2.05, 4.69) is 24.3 Å². The van der Waals surface area contributed by atoms with Crippen LogP contribution < -0.4 is 0 Å². The molecule has 47 heavy (non-hydrogen) atoms. The number of carbonyl (C=O) groups excluding carboxylic acids is 2. The second-order valence-corrected chi connectivity index (χ2v) is 12.8. The molecule has 6 rings (SSSR count). The van der Waals surface area contributed by atoms with E-state index in [0.717, 1.165) is 38.9 Å². The SMILES string of the molecule is Cc1ccc(C(OC(=O)[C@H](C(C)C)N(C)C(=O)OCC2c3ccccc3-c3ccccc32)(c2ccccc2)c2ccccc2Cl)cc1. The maximum Gasteiger partial charge on any atom is 0.410 e. The van der Waals surface area contributed by atoms with Crippen LogP contribution in [0, 0.1) is 12.8 Å². The van der Waals surface area contributed by atoms with Crippen molar-refractivity contribution in [1.29, 1.82) is 0 Å². The van der Waals surface area contributed by atoms with Gasteiger partial charge in [-0.3, -0.25) is 4.90 Å². The third kappa shape index (κ3) is 6.04. The predicted molar refractivity (Wildman–Crippen MR) is 187 cm³/mol. The summed E-state index contributed by atoms with van der Waals surface area (Å²) in [6.45, 7) is 5.94. The van der Waals surface area contributed by atoms with Gasteiger partial charge in [-0.15, -0.1) is 0 Å². The quantitative estimate of drug-likeness (QED) is 0.119. The minimum Gasteiger partial charge on any atom is -0.448 e. The summed E-state index contributed by atoms with van der Waals surface area (Å²) < 4.78 is 12.7. The van der Waals surface area contributed by atoms with E-state index in [0.29, 0.717) is 10.6 Å². The van der Waals surface area contributed by atoms with Crippen molar-refractivity contribution in [2.45, 2.75) is 38.3 Å². The zero-order chi connectivity index (χ0) is 33.1. The average molecular weight is 644 g/mol. The molecule has 0 spiro atoms. The highest BCUT2D eigenvalue weighted by Crippen LogP contribution is 2.46. The van der Waals surface area contributed by atoms with Crippen LogP contribution >= 0.6 is 11.6 Å². The van der Waals surface area contributed by atoms with Crippen LogP contribution in [0.25, 0.3) is 11.1 Å². The summed E-state index contributed by atoms with van der Waals surface area (Å²) in [7, 11) is 1.59. The monoisotopic (exact) mass is 643 g/mol. The fourth-order valence-electron chi connectivity index (χ4n) is 6.76. The molecular weight excluding hydrogens is 606 g/mol. The van der Waals surface area contributed by atoms with Gasteiger partial charge in [0.25, 0.3) is 0 Å². The molecule has 238 valence electrons. The molecule has 0 fully saturated rings. The number of hydrogen-bond donors (Lipinski definition) is 0. The van der Waals surface area contributed by atoms with Gasteiger partial charge in [0.2, 0.25) is 0 Å². The second kappa shape index (κ2) is 13.5. The lowest BCUT2D eigenvalue weighted by Gasteiger charge is -2.38. The van der Waals surface area contributed by atoms with E-state index >= 15 is 0 Å². The Morgan fingerprint density at radius 1 is 0.745 bits per heavy atom. The molecule has 1 aliphatic carbocycles. The van der Waals surface area contributed by atoms with Crippen LogP contribution in [0.5, 0.6) is 0 Å². The lowest BCUT2D eigenvalue weighted by molar-refractivity contribution is -0.160. The van der Waals surface area contributed by atoms with E-state index < -0.39 is 23.7 Å². The van der Waals surface area contributed by atoms with Crippen LogP contribution in [-0.2, 0) is 19.9 Å². The van der Waals surface area contributed by atoms with E-state index in [4.69, 9.17) is 21.1 Å². The second-order valence-electron chi connectivity index (χ2n) is 12.4. The summed E-state index contributed by atoms with van der Waals surface area (Å²) in [4.78, 5) is 29.6. The Morgan fingerprint density at radius 2 is 1.28 bits per heavy atom. The van der Waals surface area contributed by atoms with Gasteiger partial charge in [0.05, 0.1) is 0 Å². The van der Waals surface area contributed by atoms with Crippen molar-refractivity contribution in [1.82, 2.24) is 4.90 Å². The van der Waals surface area contributed by atoms with Gasteiger partial charge in [-0.1, -0.05) is 152 Å². The Balaban J connectivity index is 1.32. The largest absolute Gasteiger partial charge is 0.448 e. The molecule has 0 aromatic heterocycles. The summed E-state index contributed by atoms with van der Waals surface area (Å²) in [5.41, 5.74) is 6.30. The highest BCUT2D eigenvalue weighted by molar-refractivity contribution is 6.31. The molecule has 0 N–H and O–H groups in total. The van der Waals surface area contributed by atoms with Gasteiger partial charge in [-0.2, -0.15) is 0 Å². The van der Waals surface area contributed by atoms with Crippen molar-refractivity contribution in [3.63, 3.8) is 0 Å². The Morgan fingerprint density at radius 3 is 1.87 bits per heavy atom. The molecule has 0 heterocycles. The Bertz CT molecular complexity index is 1840. The number of nitrogens with zero attached hydrogens (tertiary/aromatic N) is 1. The molecule has 0 bridgehead atoms. The predicted octanol–water partition coefficient (Wildman–Crippen LogP) is 9.39. The minimum absolute atomic E-state index is 0.100. The number of likely N-dealkylation sites (N-methyl/N-ethyl adjacent to an activating group) is 1. The molecule has 1 unspecified atom stereocenters. The number of amides is 1. The highest BCUT2D eigenvalue weighted by atomic mass is 35.5. The van der Waals surface area contributed by atoms with Crippen LogP contribution in [-0.4, -0.2) is 36.7 Å². The van der Waals surface area contributed by atoms with Gasteiger partial charge in [0.1, 0.15) is 12.6 Å². The number of benzene rings is 5. The minimum atomic E-state index is -1.39. The highest BCUT2D eigenvalue weighted by Gasteiger charge is 2.45. The Kier molecular flexibility index (Phi) is 9.19. The fourth-order valence-corrected chi connectivity index (χ4v) is 7.03. The van der Waals surface area contributed by atoms with E-state index in [9.17, 15) is 9.59 Å². The molecule has 1 amide bonds. The number of aryl methyl sites for hydroxylation is 1. The summed E-state index contributed by atoms with van der Waals surface area (Å²) in [5, 5.41) is 0.454. The molecule has 6 heteroatoms. The number of ether oxygens (including phenoxy) is 2. The average Bonchev–Trinajstić information content (AvgIpc) is 3.40. The van der Waals surface area contributed by atoms with Crippen LogP contribution in [0.4, 0.5) is 4.79 Å². The van der Waals surface area contributed by atoms with Crippen molar-refractivity contribution < 1.29 is 19.1 Å². The van der Waals surface area contributed by atoms with Crippen molar-refractivity contribution in [3.05, 3.63) is 166 Å². The summed E-state index contributed by atoms with van der Waals surface area (Å²) in [6.07, 6.45) is -0.596. The maximum atomic E-state index is 14.5. The molecular formula is C41H38ClNO4. The van der Waals surface area contributed by atoms with E-state index in [-0.39, 0.29) is 18.4 Å². The molecule has 0 saturated carbocycles. The number of rotatable bonds is 9. The van der Waals surface area contributed by atoms with Gasteiger partial charge in [-0.25, -0.2) is 9.59 Å². The first-order chi connectivity index (χ1) is 22.7. The van der Waals surface area contributed by atoms with Crippen molar-refractivity contribution in [3.8, 4) is 11.1 Å². The van der Waals surface area contributed by atoms with Crippen LogP contribution in [0.2, 0.25) is 5.02 Å². The molecule has 0 radical (unpaired) electrons. The first-order valence-corrected chi connectivity index (χ1v) is 16.3. The molecule has 1 aliphatic rings. The molecule has 0 saturated heterocycles. The van der Waals surface area contributed by atoms with E-state index in [1.165, 1.54) is 4.90 Å². The smallest absolute Gasteiger partial charge is 0.410 e. The third-order valence-electron chi connectivity index (χ3n) is 9.06. The number of fused-ring (bicyclic) bond motifs is 3. The lowest BCUT2D eigenvalue weighted by atomic mass is 9.79. The van der Waals surface area contributed by atoms with Gasteiger partial charge < -0.3 is 9.47 Å². The van der Waals surface area contributed by atoms with Crippen molar-refractivity contribution >= 4 is 23.7 Å². The topological polar surface area (TPSA) is 55.8 Å². The molecule has 0 aliphatic heterocycles. The number of hydrogen-bond acceptors (Lipinski definition) is 4. The van der Waals surface area contributed by atoms with Crippen LogP contribution in [0.1, 0.15) is 53.1 Å². The summed E-state index contributed by atoms with van der Waals surface area (Å²) in [5.74, 6) is -0.956. The van der Waals surface area contributed by atoms with Gasteiger partial charge in [0.15, 0.2) is 5.60 Å². The van der Waals surface area contributed by atoms with Gasteiger partial charge in [0, 0.05) is 34.7 Å². The molecule has 5 aromatic rings. The Hall–Kier alpha value is -4.87. The number of esters is 1. The molecule has 2 atom stereocenters. The molecule has 5 aromatic carbocycles.